The maximum Gasteiger partial charge on any atom is 0.407 e. The van der Waals surface area contributed by atoms with Gasteiger partial charge in [0, 0.05) is 63.4 Å². The van der Waals surface area contributed by atoms with Gasteiger partial charge in [0.25, 0.3) is 0 Å². The first-order chi connectivity index (χ1) is 48.1. The molecule has 0 aromatic heterocycles. The molecule has 104 heavy (non-hydrogen) atoms. The zero-order valence-electron chi connectivity index (χ0n) is 66.0. The summed E-state index contributed by atoms with van der Waals surface area (Å²) in [5, 5.41) is 51.5. The molecule has 13 atom stereocenters. The predicted molar refractivity (Wildman–Crippen MR) is 397 cm³/mol. The van der Waals surface area contributed by atoms with Gasteiger partial charge in [-0.3, -0.25) is 33.6 Å². The summed E-state index contributed by atoms with van der Waals surface area (Å²) in [6.07, 6.45) is 0.872. The molecule has 0 aliphatic heterocycles. The highest BCUT2D eigenvalue weighted by Gasteiger charge is 2.33. The van der Waals surface area contributed by atoms with E-state index in [4.69, 9.17) is 10.5 Å². The number of alkyl carbamates (subject to hydrolysis) is 1. The van der Waals surface area contributed by atoms with Crippen molar-refractivity contribution in [1.82, 2.24) is 101 Å². The van der Waals surface area contributed by atoms with Gasteiger partial charge in [-0.1, -0.05) is 96.9 Å². The summed E-state index contributed by atoms with van der Waals surface area (Å²) in [5.41, 5.74) is 4.62. The van der Waals surface area contributed by atoms with Gasteiger partial charge in [0.1, 0.15) is 47.9 Å². The van der Waals surface area contributed by atoms with Crippen LogP contribution in [0.4, 0.5) is 33.6 Å². The number of amides is 20. The summed E-state index contributed by atoms with van der Waals surface area (Å²) in [5.74, 6) is -5.18. The molecule has 20 amide bonds. The molecule has 0 heterocycles. The fourth-order valence-electron chi connectivity index (χ4n) is 10.0. The van der Waals surface area contributed by atoms with E-state index in [1.54, 1.807) is 34.6 Å². The van der Waals surface area contributed by atoms with Crippen LogP contribution in [-0.4, -0.2) is 207 Å². The number of hydrogen-bond donors (Lipinski definition) is 20. The summed E-state index contributed by atoms with van der Waals surface area (Å²) >= 11 is 0. The molecule has 0 saturated heterocycles. The third-order valence-corrected chi connectivity index (χ3v) is 15.7. The fourth-order valence-corrected chi connectivity index (χ4v) is 10.0. The van der Waals surface area contributed by atoms with Crippen LogP contribution >= 0.6 is 0 Å². The van der Waals surface area contributed by atoms with Gasteiger partial charge < -0.3 is 111 Å². The molecule has 0 aromatic rings. The van der Waals surface area contributed by atoms with Gasteiger partial charge in [-0.15, -0.1) is 0 Å². The molecule has 35 heteroatoms. The van der Waals surface area contributed by atoms with Crippen LogP contribution in [0.25, 0.3) is 0 Å². The Kier molecular flexibility index (Phi) is 44.2. The monoisotopic (exact) mass is 1480 g/mol. The van der Waals surface area contributed by atoms with E-state index in [1.165, 1.54) is 27.7 Å². The van der Waals surface area contributed by atoms with Gasteiger partial charge >= 0.3 is 42.3 Å². The molecule has 598 valence electrons. The zero-order valence-corrected chi connectivity index (χ0v) is 66.0. The molecule has 21 N–H and O–H groups in total. The first kappa shape index (κ1) is 95.2. The number of hydrogen-bond acceptors (Lipinski definition) is 15. The van der Waals surface area contributed by atoms with E-state index in [-0.39, 0.29) is 100.0 Å². The van der Waals surface area contributed by atoms with E-state index in [0.29, 0.717) is 12.8 Å². The normalized spacial score (nSPS) is 15.2. The predicted octanol–water partition coefficient (Wildman–Crippen LogP) is 1.94. The van der Waals surface area contributed by atoms with Crippen LogP contribution in [0.5, 0.6) is 0 Å². The molecule has 0 aliphatic rings. The number of carbonyl (C=O) groups excluding carboxylic acids is 14. The Labute approximate surface area is 616 Å². The Bertz CT molecular complexity index is 2770. The Morgan fingerprint density at radius 3 is 0.865 bits per heavy atom. The van der Waals surface area contributed by atoms with Crippen molar-refractivity contribution >= 4 is 83.6 Å². The summed E-state index contributed by atoms with van der Waals surface area (Å²) in [6.45, 7) is 40.9. The summed E-state index contributed by atoms with van der Waals surface area (Å²) in [6, 6.07) is -14.3. The topological polar surface area (TPSA) is 503 Å². The molecule has 0 spiro atoms. The van der Waals surface area contributed by atoms with Gasteiger partial charge in [0.15, 0.2) is 0 Å². The first-order valence-corrected chi connectivity index (χ1v) is 36.4. The van der Waals surface area contributed by atoms with Crippen LogP contribution < -0.4 is 107 Å². The fraction of sp³-hybridized carbons (Fsp3) is 0.797. The maximum absolute atomic E-state index is 13.7. The molecule has 0 fully saturated rings. The van der Waals surface area contributed by atoms with Crippen LogP contribution in [0.15, 0.2) is 0 Å². The third-order valence-electron chi connectivity index (χ3n) is 15.7. The van der Waals surface area contributed by atoms with Gasteiger partial charge in [-0.05, 0) is 136 Å². The van der Waals surface area contributed by atoms with Crippen molar-refractivity contribution in [3.63, 3.8) is 0 Å². The maximum atomic E-state index is 13.7. The Morgan fingerprint density at radius 1 is 0.288 bits per heavy atom. The summed E-state index contributed by atoms with van der Waals surface area (Å²) < 4.78 is 5.34. The molecule has 0 rings (SSSR count). The zero-order chi connectivity index (χ0) is 80.1. The number of ether oxygens (including phenoxy) is 1. The van der Waals surface area contributed by atoms with Gasteiger partial charge in [-0.25, -0.2) is 33.6 Å². The van der Waals surface area contributed by atoms with Crippen LogP contribution in [0.3, 0.4) is 0 Å². The minimum absolute atomic E-state index is 0.00556. The number of rotatable bonds is 44. The largest absolute Gasteiger partial charge is 0.444 e. The lowest BCUT2D eigenvalue weighted by atomic mass is 10.0. The lowest BCUT2D eigenvalue weighted by molar-refractivity contribution is -0.135. The molecular formula is C69H132N20O15. The van der Waals surface area contributed by atoms with E-state index in [0.717, 1.165) is 0 Å². The Hall–Kier alpha value is -8.82. The van der Waals surface area contributed by atoms with E-state index >= 15 is 0 Å². The standard InChI is InChI=1S/C69H132N20O15/c1-35(2)24-48(31-73-64(99)82-47(20)58(93)87-52(28-39(9)10)61(96)81-46(19)57(92)86-51(27-38(7)8)60(95)80-45(18)56(91)85-50(26-37(5)6)59(94)79-44(17)55(70)90)83-65(100)71-29-42(15)77-62(97)75-33-53(40(11)12)88-67(102)74-32-49(25-36(3)4)84-66(101)72-30-43(16)78-63(98)76-34-54(41(13)14)89-68(103)104-69(21,22)23/h35-54H,24-34H2,1-23H3,(H2,70,90)(H,79,94)(H,80,95)(H,81,96)(H,85,91)(H,86,92)(H,87,93)(H,89,103)(H2,71,83,100)(H2,72,84,101)(H2,73,82,99)(H2,74,88,102)(H2,75,77,97)(H2,76,78,98)/t42?,43-,44-,45-,46-,47-,48-,49-,50?,51-,52?,53+,54+/m0/s1. The van der Waals surface area contributed by atoms with Crippen molar-refractivity contribution in [2.75, 3.05) is 39.3 Å². The number of nitrogens with two attached hydrogens (primary N) is 1. The molecule has 0 aliphatic carbocycles. The Balaban J connectivity index is 5.40. The highest BCUT2D eigenvalue weighted by atomic mass is 16.6. The van der Waals surface area contributed by atoms with Crippen molar-refractivity contribution in [2.45, 2.75) is 275 Å². The van der Waals surface area contributed by atoms with E-state index in [9.17, 15) is 67.1 Å². The van der Waals surface area contributed by atoms with E-state index < -0.39 is 168 Å². The van der Waals surface area contributed by atoms with Crippen LogP contribution in [0, 0.1) is 41.4 Å². The number of primary amides is 1. The molecule has 0 bridgehead atoms. The van der Waals surface area contributed by atoms with E-state index in [1.807, 2.05) is 96.9 Å². The molecule has 0 aromatic carbocycles. The lowest BCUT2D eigenvalue weighted by Gasteiger charge is -2.27. The van der Waals surface area contributed by atoms with Gasteiger partial charge in [0.2, 0.25) is 41.4 Å². The second-order valence-electron chi connectivity index (χ2n) is 30.8. The second kappa shape index (κ2) is 48.3. The van der Waals surface area contributed by atoms with Crippen molar-refractivity contribution < 1.29 is 71.9 Å². The van der Waals surface area contributed by atoms with Gasteiger partial charge in [-0.2, -0.15) is 0 Å². The van der Waals surface area contributed by atoms with Crippen molar-refractivity contribution in [3.05, 3.63) is 0 Å². The van der Waals surface area contributed by atoms with Crippen molar-refractivity contribution in [3.8, 4) is 0 Å². The molecular weight excluding hydrogens is 1350 g/mol. The summed E-state index contributed by atoms with van der Waals surface area (Å²) in [4.78, 5) is 183. The quantitative estimate of drug-likeness (QED) is 0.0415. The molecule has 0 saturated carbocycles. The Morgan fingerprint density at radius 2 is 0.558 bits per heavy atom. The van der Waals surface area contributed by atoms with Crippen molar-refractivity contribution in [1.29, 1.82) is 0 Å². The van der Waals surface area contributed by atoms with E-state index in [2.05, 4.69) is 101 Å². The highest BCUT2D eigenvalue weighted by molar-refractivity contribution is 5.97. The molecule has 0 radical (unpaired) electrons. The number of urea groups is 6. The van der Waals surface area contributed by atoms with Crippen LogP contribution in [0.2, 0.25) is 0 Å². The minimum Gasteiger partial charge on any atom is -0.444 e. The molecule has 3 unspecified atom stereocenters. The SMILES string of the molecule is CC(C)CC(NC(=O)[C@H](C)NC(=O)NC[C@H](CC(C)C)NC(=O)NCC(C)NC(=O)NC[C@@H](NC(=O)NC[C@H](CC(C)C)NC(=O)NC[C@H](C)NC(=O)NC[C@@H](NC(=O)OC(C)(C)C)C(C)C)C(C)C)C(=O)N[C@@H](C)C(=O)N[C@@H](CC(C)C)C(=O)N[C@@H](C)C(=O)NC(CC(C)C)C(=O)N[C@@H](C)C(N)=O. The summed E-state index contributed by atoms with van der Waals surface area (Å²) in [7, 11) is 0. The minimum atomic E-state index is -1.22. The molecule has 35 nitrogen and oxygen atoms in total. The van der Waals surface area contributed by atoms with Crippen molar-refractivity contribution in [2.24, 2.45) is 47.2 Å². The first-order valence-electron chi connectivity index (χ1n) is 36.4. The number of carbonyl (C=O) groups is 14. The average molecular weight is 1480 g/mol. The average Bonchev–Trinajstić information content (AvgIpc) is 0.879. The van der Waals surface area contributed by atoms with Crippen LogP contribution in [0.1, 0.15) is 191 Å². The third kappa shape index (κ3) is 44.0. The lowest BCUT2D eigenvalue weighted by Crippen LogP contribution is -2.59. The number of nitrogens with one attached hydrogen (secondary N) is 19. The second-order valence-corrected chi connectivity index (χ2v) is 30.8. The van der Waals surface area contributed by atoms with Gasteiger partial charge in [0.05, 0.1) is 12.1 Å². The van der Waals surface area contributed by atoms with Crippen LogP contribution in [-0.2, 0) is 38.3 Å². The smallest absolute Gasteiger partial charge is 0.407 e. The highest BCUT2D eigenvalue weighted by Crippen LogP contribution is 2.13.